The Kier molecular flexibility index (Phi) is 4.84. The van der Waals surface area contributed by atoms with E-state index < -0.39 is 0 Å². The highest BCUT2D eigenvalue weighted by molar-refractivity contribution is 5.94. The normalized spacial score (nSPS) is 22.2. The summed E-state index contributed by atoms with van der Waals surface area (Å²) in [7, 11) is 0. The molecule has 0 bridgehead atoms. The molecular weight excluding hydrogens is 330 g/mol. The lowest BCUT2D eigenvalue weighted by Gasteiger charge is -2.45. The van der Waals surface area contributed by atoms with E-state index in [2.05, 4.69) is 9.97 Å². The van der Waals surface area contributed by atoms with Crippen molar-refractivity contribution in [1.82, 2.24) is 14.9 Å². The first-order valence-corrected chi connectivity index (χ1v) is 9.15. The van der Waals surface area contributed by atoms with E-state index in [-0.39, 0.29) is 17.6 Å². The van der Waals surface area contributed by atoms with Gasteiger partial charge in [-0.15, -0.1) is 0 Å². The highest BCUT2D eigenvalue weighted by atomic mass is 16.5. The van der Waals surface area contributed by atoms with Crippen LogP contribution in [-0.2, 0) is 4.74 Å². The first-order chi connectivity index (χ1) is 12.7. The van der Waals surface area contributed by atoms with Crippen LogP contribution in [0.2, 0.25) is 0 Å². The number of rotatable bonds is 3. The Balaban J connectivity index is 1.36. The number of likely N-dealkylation sites (tertiary alicyclic amines) is 1. The second kappa shape index (κ2) is 7.41. The van der Waals surface area contributed by atoms with Crippen LogP contribution in [-0.4, -0.2) is 52.2 Å². The van der Waals surface area contributed by atoms with E-state index in [1.54, 1.807) is 18.6 Å². The molecule has 0 saturated carbocycles. The molecule has 2 aromatic rings. The summed E-state index contributed by atoms with van der Waals surface area (Å²) in [6, 6.07) is 9.47. The fourth-order valence-electron chi connectivity index (χ4n) is 3.83. The summed E-state index contributed by atoms with van der Waals surface area (Å²) in [4.78, 5) is 22.8. The minimum atomic E-state index is -0.196. The van der Waals surface area contributed by atoms with Crippen molar-refractivity contribution in [3.05, 3.63) is 54.5 Å². The topological polar surface area (TPSA) is 64.6 Å². The maximum atomic E-state index is 12.6. The molecule has 2 aliphatic rings. The number of ether oxygens (including phenoxy) is 2. The Labute approximate surface area is 153 Å². The SMILES string of the molecule is O=C(c1ccccc1)N1CCC2(CC1)CC(Oc1cnccn1)CCO2. The molecule has 1 amide bonds. The number of hydrogen-bond donors (Lipinski definition) is 0. The third kappa shape index (κ3) is 3.70. The maximum Gasteiger partial charge on any atom is 0.253 e. The minimum Gasteiger partial charge on any atom is -0.473 e. The molecule has 2 saturated heterocycles. The van der Waals surface area contributed by atoms with Gasteiger partial charge in [-0.1, -0.05) is 18.2 Å². The van der Waals surface area contributed by atoms with Crippen molar-refractivity contribution in [1.29, 1.82) is 0 Å². The molecule has 136 valence electrons. The van der Waals surface area contributed by atoms with Crippen LogP contribution in [0, 0.1) is 0 Å². The predicted molar refractivity (Wildman–Crippen MR) is 95.9 cm³/mol. The number of piperidine rings is 1. The number of nitrogens with zero attached hydrogens (tertiary/aromatic N) is 3. The van der Waals surface area contributed by atoms with Crippen LogP contribution < -0.4 is 4.74 Å². The van der Waals surface area contributed by atoms with Crippen LogP contribution in [0.1, 0.15) is 36.0 Å². The number of benzene rings is 1. The van der Waals surface area contributed by atoms with Crippen molar-refractivity contribution in [2.24, 2.45) is 0 Å². The van der Waals surface area contributed by atoms with E-state index in [1.807, 2.05) is 35.2 Å². The first-order valence-electron chi connectivity index (χ1n) is 9.15. The van der Waals surface area contributed by atoms with Gasteiger partial charge in [0, 0.05) is 43.9 Å². The van der Waals surface area contributed by atoms with E-state index >= 15 is 0 Å². The second-order valence-electron chi connectivity index (χ2n) is 6.97. The third-order valence-electron chi connectivity index (χ3n) is 5.26. The maximum absolute atomic E-state index is 12.6. The van der Waals surface area contributed by atoms with Crippen molar-refractivity contribution >= 4 is 5.91 Å². The molecule has 6 heteroatoms. The molecule has 0 N–H and O–H groups in total. The average molecular weight is 353 g/mol. The van der Waals surface area contributed by atoms with Gasteiger partial charge in [0.05, 0.1) is 18.4 Å². The molecule has 1 unspecified atom stereocenters. The van der Waals surface area contributed by atoms with Gasteiger partial charge in [-0.3, -0.25) is 9.78 Å². The van der Waals surface area contributed by atoms with Crippen LogP contribution in [0.15, 0.2) is 48.9 Å². The molecule has 1 aromatic heterocycles. The summed E-state index contributed by atoms with van der Waals surface area (Å²) in [6.07, 6.45) is 8.36. The number of carbonyl (C=O) groups excluding carboxylic acids is 1. The first kappa shape index (κ1) is 17.0. The Morgan fingerprint density at radius 2 is 2.00 bits per heavy atom. The predicted octanol–water partition coefficient (Wildman–Crippen LogP) is 2.71. The summed E-state index contributed by atoms with van der Waals surface area (Å²) < 4.78 is 12.1. The van der Waals surface area contributed by atoms with Crippen LogP contribution in [0.25, 0.3) is 0 Å². The number of amides is 1. The summed E-state index contributed by atoms with van der Waals surface area (Å²) in [5, 5.41) is 0. The summed E-state index contributed by atoms with van der Waals surface area (Å²) in [5.74, 6) is 0.662. The van der Waals surface area contributed by atoms with Crippen molar-refractivity contribution in [3.8, 4) is 5.88 Å². The lowest BCUT2D eigenvalue weighted by atomic mass is 9.83. The molecule has 1 aromatic carbocycles. The quantitative estimate of drug-likeness (QED) is 0.849. The molecule has 26 heavy (non-hydrogen) atoms. The highest BCUT2D eigenvalue weighted by Gasteiger charge is 2.42. The molecule has 0 aliphatic carbocycles. The minimum absolute atomic E-state index is 0.0804. The Hall–Kier alpha value is -2.47. The fraction of sp³-hybridized carbons (Fsp3) is 0.450. The van der Waals surface area contributed by atoms with Gasteiger partial charge in [-0.05, 0) is 25.0 Å². The molecule has 1 atom stereocenters. The van der Waals surface area contributed by atoms with Gasteiger partial charge in [0.2, 0.25) is 5.88 Å². The van der Waals surface area contributed by atoms with Crippen LogP contribution >= 0.6 is 0 Å². The highest BCUT2D eigenvalue weighted by Crippen LogP contribution is 2.36. The number of hydrogen-bond acceptors (Lipinski definition) is 5. The van der Waals surface area contributed by atoms with E-state index in [0.29, 0.717) is 25.6 Å². The van der Waals surface area contributed by atoms with Gasteiger partial charge in [-0.2, -0.15) is 0 Å². The van der Waals surface area contributed by atoms with Gasteiger partial charge in [0.1, 0.15) is 6.10 Å². The monoisotopic (exact) mass is 353 g/mol. The lowest BCUT2D eigenvalue weighted by Crippen LogP contribution is -2.52. The van der Waals surface area contributed by atoms with E-state index in [0.717, 1.165) is 31.2 Å². The Morgan fingerprint density at radius 1 is 1.19 bits per heavy atom. The Bertz CT molecular complexity index is 730. The molecular formula is C20H23N3O3. The Morgan fingerprint density at radius 3 is 2.73 bits per heavy atom. The van der Waals surface area contributed by atoms with Gasteiger partial charge >= 0.3 is 0 Å². The summed E-state index contributed by atoms with van der Waals surface area (Å²) in [5.41, 5.74) is 0.551. The summed E-state index contributed by atoms with van der Waals surface area (Å²) in [6.45, 7) is 2.11. The number of aromatic nitrogens is 2. The smallest absolute Gasteiger partial charge is 0.253 e. The van der Waals surface area contributed by atoms with Crippen LogP contribution in [0.4, 0.5) is 0 Å². The standard InChI is InChI=1S/C20H23N3O3/c24-19(16-4-2-1-3-5-16)23-11-7-20(8-12-23)14-17(6-13-25-20)26-18-15-21-9-10-22-18/h1-5,9-10,15,17H,6-8,11-14H2. The largest absolute Gasteiger partial charge is 0.473 e. The van der Waals surface area contributed by atoms with Crippen molar-refractivity contribution in [3.63, 3.8) is 0 Å². The van der Waals surface area contributed by atoms with Crippen LogP contribution in [0.5, 0.6) is 5.88 Å². The molecule has 3 heterocycles. The second-order valence-corrected chi connectivity index (χ2v) is 6.97. The van der Waals surface area contributed by atoms with Crippen molar-refractivity contribution < 1.29 is 14.3 Å². The van der Waals surface area contributed by atoms with Gasteiger partial charge in [-0.25, -0.2) is 4.98 Å². The molecule has 1 spiro atoms. The van der Waals surface area contributed by atoms with E-state index in [1.165, 1.54) is 0 Å². The lowest BCUT2D eigenvalue weighted by molar-refractivity contribution is -0.135. The zero-order valence-electron chi connectivity index (χ0n) is 14.7. The fourth-order valence-corrected chi connectivity index (χ4v) is 3.83. The van der Waals surface area contributed by atoms with E-state index in [9.17, 15) is 4.79 Å². The molecule has 4 rings (SSSR count). The molecule has 6 nitrogen and oxygen atoms in total. The molecule has 0 radical (unpaired) electrons. The van der Waals surface area contributed by atoms with Gasteiger partial charge < -0.3 is 14.4 Å². The van der Waals surface area contributed by atoms with E-state index in [4.69, 9.17) is 9.47 Å². The third-order valence-corrected chi connectivity index (χ3v) is 5.26. The van der Waals surface area contributed by atoms with Crippen molar-refractivity contribution in [2.75, 3.05) is 19.7 Å². The van der Waals surface area contributed by atoms with Crippen LogP contribution in [0.3, 0.4) is 0 Å². The molecule has 2 fully saturated rings. The average Bonchev–Trinajstić information content (AvgIpc) is 2.70. The number of carbonyl (C=O) groups is 1. The van der Waals surface area contributed by atoms with Crippen molar-refractivity contribution in [2.45, 2.75) is 37.4 Å². The van der Waals surface area contributed by atoms with Gasteiger partial charge in [0.25, 0.3) is 5.91 Å². The zero-order chi connectivity index (χ0) is 17.8. The summed E-state index contributed by atoms with van der Waals surface area (Å²) >= 11 is 0. The zero-order valence-corrected chi connectivity index (χ0v) is 14.7. The van der Waals surface area contributed by atoms with Gasteiger partial charge in [0.15, 0.2) is 0 Å². The molecule has 2 aliphatic heterocycles.